The maximum absolute atomic E-state index is 6.30. The van der Waals surface area contributed by atoms with Crippen LogP contribution < -0.4 is 4.90 Å². The molecule has 0 fully saturated rings. The fraction of sp³-hybridized carbons (Fsp3) is 0. The Hall–Kier alpha value is -8.20. The van der Waals surface area contributed by atoms with E-state index >= 15 is 0 Å². The van der Waals surface area contributed by atoms with E-state index in [1.54, 1.807) is 0 Å². The monoisotopic (exact) mass is 789 g/mol. The molecular formula is C60H39NO. The first-order chi connectivity index (χ1) is 30.7. The van der Waals surface area contributed by atoms with Gasteiger partial charge in [-0.1, -0.05) is 182 Å². The van der Waals surface area contributed by atoms with Crippen LogP contribution in [0.5, 0.6) is 0 Å². The van der Waals surface area contributed by atoms with E-state index in [9.17, 15) is 0 Å². The van der Waals surface area contributed by atoms with Gasteiger partial charge in [-0.15, -0.1) is 0 Å². The molecule has 12 rings (SSSR count). The third kappa shape index (κ3) is 6.04. The van der Waals surface area contributed by atoms with E-state index in [4.69, 9.17) is 4.42 Å². The maximum Gasteiger partial charge on any atom is 0.135 e. The Morgan fingerprint density at radius 3 is 1.58 bits per heavy atom. The van der Waals surface area contributed by atoms with Crippen LogP contribution >= 0.6 is 0 Å². The van der Waals surface area contributed by atoms with E-state index in [-0.39, 0.29) is 0 Å². The topological polar surface area (TPSA) is 16.4 Å². The molecule has 2 nitrogen and oxygen atoms in total. The lowest BCUT2D eigenvalue weighted by Crippen LogP contribution is -2.10. The van der Waals surface area contributed by atoms with Gasteiger partial charge in [-0.2, -0.15) is 0 Å². The maximum atomic E-state index is 6.30. The van der Waals surface area contributed by atoms with Crippen molar-refractivity contribution >= 4 is 71.3 Å². The van der Waals surface area contributed by atoms with E-state index < -0.39 is 0 Å². The fourth-order valence-electron chi connectivity index (χ4n) is 9.57. The van der Waals surface area contributed by atoms with Gasteiger partial charge >= 0.3 is 0 Å². The average Bonchev–Trinajstić information content (AvgIpc) is 3.72. The van der Waals surface area contributed by atoms with E-state index in [2.05, 4.69) is 229 Å². The summed E-state index contributed by atoms with van der Waals surface area (Å²) in [5.41, 5.74) is 14.6. The number of hydrogen-bond donors (Lipinski definition) is 0. The first-order valence-electron chi connectivity index (χ1n) is 21.2. The normalized spacial score (nSPS) is 11.5. The highest BCUT2D eigenvalue weighted by molar-refractivity contribution is 6.22. The van der Waals surface area contributed by atoms with Crippen molar-refractivity contribution in [3.05, 3.63) is 237 Å². The predicted octanol–water partition coefficient (Wildman–Crippen LogP) is 17.2. The van der Waals surface area contributed by atoms with Crippen LogP contribution in [-0.2, 0) is 0 Å². The minimum absolute atomic E-state index is 0.878. The van der Waals surface area contributed by atoms with Crippen LogP contribution in [0.25, 0.3) is 98.8 Å². The van der Waals surface area contributed by atoms with Crippen molar-refractivity contribution in [2.45, 2.75) is 0 Å². The second-order valence-corrected chi connectivity index (χ2v) is 16.0. The summed E-state index contributed by atoms with van der Waals surface area (Å²) in [7, 11) is 0. The molecule has 62 heavy (non-hydrogen) atoms. The van der Waals surface area contributed by atoms with E-state index in [1.807, 2.05) is 12.1 Å². The van der Waals surface area contributed by atoms with Crippen molar-refractivity contribution in [1.29, 1.82) is 0 Å². The van der Waals surface area contributed by atoms with Crippen LogP contribution in [0.2, 0.25) is 0 Å². The average molecular weight is 790 g/mol. The van der Waals surface area contributed by atoms with E-state index in [0.717, 1.165) is 50.1 Å². The zero-order chi connectivity index (χ0) is 41.0. The van der Waals surface area contributed by atoms with Crippen molar-refractivity contribution in [2.24, 2.45) is 0 Å². The molecule has 1 heterocycles. The second kappa shape index (κ2) is 14.8. The third-order valence-corrected chi connectivity index (χ3v) is 12.4. The van der Waals surface area contributed by atoms with Gasteiger partial charge < -0.3 is 9.32 Å². The summed E-state index contributed by atoms with van der Waals surface area (Å²) in [6, 6.07) is 85.6. The van der Waals surface area contributed by atoms with Crippen molar-refractivity contribution < 1.29 is 4.42 Å². The molecule has 0 saturated heterocycles. The SMILES string of the molecule is c1ccc(-c2c(-c3ccccc3)c3cc(-c4cccc(N(c5ccc(-c6cccc7ccccc67)cc5)c5ccc6oc7ccccc7c6c5)c4)ccc3c3ccccc23)cc1. The molecule has 0 amide bonds. The molecule has 0 bridgehead atoms. The molecule has 2 heteroatoms. The highest BCUT2D eigenvalue weighted by Crippen LogP contribution is 2.46. The lowest BCUT2D eigenvalue weighted by atomic mass is 9.84. The lowest BCUT2D eigenvalue weighted by Gasteiger charge is -2.26. The highest BCUT2D eigenvalue weighted by atomic mass is 16.3. The van der Waals surface area contributed by atoms with Gasteiger partial charge in [-0.3, -0.25) is 0 Å². The molecule has 12 aromatic rings. The number of benzene rings is 11. The Kier molecular flexibility index (Phi) is 8.53. The first-order valence-corrected chi connectivity index (χ1v) is 21.2. The van der Waals surface area contributed by atoms with Gasteiger partial charge in [0.25, 0.3) is 0 Å². The van der Waals surface area contributed by atoms with Gasteiger partial charge in [-0.25, -0.2) is 0 Å². The van der Waals surface area contributed by atoms with Gasteiger partial charge in [0, 0.05) is 27.8 Å². The summed E-state index contributed by atoms with van der Waals surface area (Å²) in [6.45, 7) is 0. The number of furan rings is 1. The number of fused-ring (bicyclic) bond motifs is 7. The molecule has 0 radical (unpaired) electrons. The van der Waals surface area contributed by atoms with Crippen LogP contribution in [0, 0.1) is 0 Å². The van der Waals surface area contributed by atoms with Gasteiger partial charge in [0.05, 0.1) is 0 Å². The highest BCUT2D eigenvalue weighted by Gasteiger charge is 2.20. The van der Waals surface area contributed by atoms with Crippen LogP contribution in [0.4, 0.5) is 17.1 Å². The second-order valence-electron chi connectivity index (χ2n) is 16.0. The zero-order valence-corrected chi connectivity index (χ0v) is 33.9. The molecule has 1 aromatic heterocycles. The zero-order valence-electron chi connectivity index (χ0n) is 33.9. The van der Waals surface area contributed by atoms with Gasteiger partial charge in [-0.05, 0) is 131 Å². The molecule has 0 atom stereocenters. The largest absolute Gasteiger partial charge is 0.456 e. The summed E-state index contributed by atoms with van der Waals surface area (Å²) in [6.07, 6.45) is 0. The van der Waals surface area contributed by atoms with E-state index in [1.165, 1.54) is 65.7 Å². The van der Waals surface area contributed by atoms with Crippen LogP contribution in [0.1, 0.15) is 0 Å². The van der Waals surface area contributed by atoms with Gasteiger partial charge in [0.1, 0.15) is 11.2 Å². The van der Waals surface area contributed by atoms with E-state index in [0.29, 0.717) is 0 Å². The summed E-state index contributed by atoms with van der Waals surface area (Å²) in [5.74, 6) is 0. The molecule has 0 aliphatic heterocycles. The Bertz CT molecular complexity index is 3620. The van der Waals surface area contributed by atoms with Crippen molar-refractivity contribution in [3.63, 3.8) is 0 Å². The number of para-hydroxylation sites is 1. The van der Waals surface area contributed by atoms with Crippen LogP contribution in [-0.4, -0.2) is 0 Å². The molecule has 0 spiro atoms. The first kappa shape index (κ1) is 35.7. The molecule has 0 N–H and O–H groups in total. The van der Waals surface area contributed by atoms with Crippen LogP contribution in [0.3, 0.4) is 0 Å². The Morgan fingerprint density at radius 2 is 0.790 bits per heavy atom. The lowest BCUT2D eigenvalue weighted by molar-refractivity contribution is 0.669. The van der Waals surface area contributed by atoms with Crippen molar-refractivity contribution in [2.75, 3.05) is 4.90 Å². The number of hydrogen-bond acceptors (Lipinski definition) is 2. The number of anilines is 3. The van der Waals surface area contributed by atoms with Crippen molar-refractivity contribution in [3.8, 4) is 44.5 Å². The molecule has 0 aliphatic rings. The molecule has 0 aliphatic carbocycles. The Balaban J connectivity index is 1.04. The fourth-order valence-corrected chi connectivity index (χ4v) is 9.57. The summed E-state index contributed by atoms with van der Waals surface area (Å²) >= 11 is 0. The van der Waals surface area contributed by atoms with Gasteiger partial charge in [0.2, 0.25) is 0 Å². The van der Waals surface area contributed by atoms with Crippen LogP contribution in [0.15, 0.2) is 241 Å². The molecule has 0 unspecified atom stereocenters. The Labute approximate surface area is 360 Å². The smallest absolute Gasteiger partial charge is 0.135 e. The number of rotatable bonds is 7. The molecular weight excluding hydrogens is 751 g/mol. The Morgan fingerprint density at radius 1 is 0.258 bits per heavy atom. The summed E-state index contributed by atoms with van der Waals surface area (Å²) in [5, 5.41) is 9.67. The minimum Gasteiger partial charge on any atom is -0.456 e. The number of nitrogens with zero attached hydrogens (tertiary/aromatic N) is 1. The minimum atomic E-state index is 0.878. The summed E-state index contributed by atoms with van der Waals surface area (Å²) in [4.78, 5) is 2.37. The van der Waals surface area contributed by atoms with Crippen molar-refractivity contribution in [1.82, 2.24) is 0 Å². The van der Waals surface area contributed by atoms with Gasteiger partial charge in [0.15, 0.2) is 0 Å². The molecule has 0 saturated carbocycles. The summed E-state index contributed by atoms with van der Waals surface area (Å²) < 4.78 is 6.30. The molecule has 11 aromatic carbocycles. The quantitative estimate of drug-likeness (QED) is 0.150. The standard InChI is InChI=1S/C60H39NO/c1-3-16-42(17-4-1)59-54-26-10-9-24-51(54)52-35-31-45(38-56(52)60(59)43-18-5-2-6-19-43)44-21-13-22-47(37-44)61(48-34-36-58-55(39-48)53-25-11-12-28-57(53)62-58)46-32-29-41(30-33-46)50-27-14-20-40-15-7-8-23-49(40)50/h1-39H. The predicted molar refractivity (Wildman–Crippen MR) is 263 cm³/mol. The third-order valence-electron chi connectivity index (χ3n) is 12.4. The molecule has 290 valence electrons.